The van der Waals surface area contributed by atoms with Gasteiger partial charge in [-0.3, -0.25) is 4.79 Å². The Hall–Kier alpha value is -1.67. The number of aromatic nitrogens is 2. The normalized spacial score (nSPS) is 12.2. The highest BCUT2D eigenvalue weighted by atomic mass is 32.2. The van der Waals surface area contributed by atoms with Gasteiger partial charge in [0.25, 0.3) is 0 Å². The van der Waals surface area contributed by atoms with Crippen LogP contribution in [0.25, 0.3) is 0 Å². The monoisotopic (exact) mass is 312 g/mol. The minimum Gasteiger partial charge on any atom is -0.374 e. The zero-order valence-corrected chi connectivity index (χ0v) is 12.5. The van der Waals surface area contributed by atoms with Crippen LogP contribution < -0.4 is 11.1 Å². The molecule has 1 aromatic heterocycles. The zero-order valence-electron chi connectivity index (χ0n) is 10.9. The Morgan fingerprint density at radius 2 is 2.25 bits per heavy atom. The van der Waals surface area contributed by atoms with Crippen LogP contribution in [0.2, 0.25) is 0 Å². The number of nitrogens with zero attached hydrogens (tertiary/aromatic N) is 2. The Kier molecular flexibility index (Phi) is 4.56. The van der Waals surface area contributed by atoms with E-state index in [0.29, 0.717) is 20.7 Å². The number of carbonyl (C=O) groups excluding carboxylic acids is 1. The Morgan fingerprint density at radius 1 is 1.50 bits per heavy atom. The number of halogens is 1. The van der Waals surface area contributed by atoms with E-state index >= 15 is 0 Å². The van der Waals surface area contributed by atoms with Crippen LogP contribution in [0.4, 0.5) is 15.2 Å². The molecule has 0 bridgehead atoms. The SMILES string of the molecule is Cc1ccc(NC(=O)[C@H](C)Sc2nnc(N)s2)cc1F. The number of benzene rings is 1. The number of carbonyl (C=O) groups is 1. The van der Waals surface area contributed by atoms with Crippen molar-refractivity contribution in [1.82, 2.24) is 10.2 Å². The third-order valence-corrected chi connectivity index (χ3v) is 4.44. The molecule has 0 unspecified atom stereocenters. The fourth-order valence-corrected chi connectivity index (χ4v) is 3.17. The molecule has 1 heterocycles. The molecule has 0 aliphatic heterocycles. The van der Waals surface area contributed by atoms with E-state index in [-0.39, 0.29) is 17.0 Å². The fraction of sp³-hybridized carbons (Fsp3) is 0.250. The molecule has 5 nitrogen and oxygen atoms in total. The first-order chi connectivity index (χ1) is 9.45. The maximum absolute atomic E-state index is 13.4. The number of amides is 1. The van der Waals surface area contributed by atoms with Gasteiger partial charge in [-0.1, -0.05) is 29.2 Å². The molecule has 2 rings (SSSR count). The number of nitrogen functional groups attached to an aromatic ring is 1. The molecule has 8 heteroatoms. The van der Waals surface area contributed by atoms with Crippen LogP contribution >= 0.6 is 23.1 Å². The van der Waals surface area contributed by atoms with Gasteiger partial charge in [-0.15, -0.1) is 10.2 Å². The average Bonchev–Trinajstić information content (AvgIpc) is 2.79. The Balaban J connectivity index is 1.98. The lowest BCUT2D eigenvalue weighted by molar-refractivity contribution is -0.115. The molecule has 20 heavy (non-hydrogen) atoms. The summed E-state index contributed by atoms with van der Waals surface area (Å²) in [5.41, 5.74) is 6.44. The van der Waals surface area contributed by atoms with Crippen molar-refractivity contribution in [2.24, 2.45) is 0 Å². The second-order valence-electron chi connectivity index (χ2n) is 4.12. The van der Waals surface area contributed by atoms with Crippen molar-refractivity contribution in [3.8, 4) is 0 Å². The molecule has 0 aliphatic carbocycles. The highest BCUT2D eigenvalue weighted by molar-refractivity contribution is 8.02. The smallest absolute Gasteiger partial charge is 0.237 e. The molecular weight excluding hydrogens is 299 g/mol. The van der Waals surface area contributed by atoms with Crippen LogP contribution in [-0.2, 0) is 4.79 Å². The van der Waals surface area contributed by atoms with Crippen LogP contribution in [0.15, 0.2) is 22.5 Å². The van der Waals surface area contributed by atoms with E-state index in [0.717, 1.165) is 0 Å². The van der Waals surface area contributed by atoms with Gasteiger partial charge in [0.15, 0.2) is 4.34 Å². The van der Waals surface area contributed by atoms with Gasteiger partial charge in [-0.25, -0.2) is 4.39 Å². The second-order valence-corrected chi connectivity index (χ2v) is 6.72. The molecule has 106 valence electrons. The van der Waals surface area contributed by atoms with E-state index in [4.69, 9.17) is 5.73 Å². The van der Waals surface area contributed by atoms with Crippen LogP contribution in [0.1, 0.15) is 12.5 Å². The standard InChI is InChI=1S/C12H13FN4OS2/c1-6-3-4-8(5-9(6)13)15-10(18)7(2)19-12-17-16-11(14)20-12/h3-5,7H,1-2H3,(H2,14,16)(H,15,18)/t7-/m0/s1. The number of nitrogens with one attached hydrogen (secondary N) is 1. The van der Waals surface area contributed by atoms with Gasteiger partial charge in [0.2, 0.25) is 11.0 Å². The molecule has 0 fully saturated rings. The van der Waals surface area contributed by atoms with Crippen molar-refractivity contribution < 1.29 is 9.18 Å². The molecule has 1 atom stereocenters. The quantitative estimate of drug-likeness (QED) is 0.848. The highest BCUT2D eigenvalue weighted by Gasteiger charge is 2.17. The van der Waals surface area contributed by atoms with Crippen LogP contribution in [0, 0.1) is 12.7 Å². The molecule has 3 N–H and O–H groups in total. The van der Waals surface area contributed by atoms with Crippen LogP contribution in [-0.4, -0.2) is 21.4 Å². The van der Waals surface area contributed by atoms with E-state index in [1.54, 1.807) is 26.0 Å². The Bertz CT molecular complexity index is 632. The van der Waals surface area contributed by atoms with Gasteiger partial charge < -0.3 is 11.1 Å². The van der Waals surface area contributed by atoms with Gasteiger partial charge in [-0.05, 0) is 31.5 Å². The maximum Gasteiger partial charge on any atom is 0.237 e. The maximum atomic E-state index is 13.4. The van der Waals surface area contributed by atoms with E-state index in [2.05, 4.69) is 15.5 Å². The Morgan fingerprint density at radius 3 is 2.85 bits per heavy atom. The van der Waals surface area contributed by atoms with Crippen LogP contribution in [0.3, 0.4) is 0 Å². The summed E-state index contributed by atoms with van der Waals surface area (Å²) in [6.45, 7) is 3.40. The molecule has 0 saturated heterocycles. The number of nitrogens with two attached hydrogens (primary N) is 1. The van der Waals surface area contributed by atoms with E-state index in [1.807, 2.05) is 0 Å². The summed E-state index contributed by atoms with van der Waals surface area (Å²) in [5.74, 6) is -0.577. The lowest BCUT2D eigenvalue weighted by atomic mass is 10.2. The lowest BCUT2D eigenvalue weighted by Crippen LogP contribution is -2.22. The number of thioether (sulfide) groups is 1. The first kappa shape index (κ1) is 14.7. The lowest BCUT2D eigenvalue weighted by Gasteiger charge is -2.10. The molecule has 0 aliphatic rings. The van der Waals surface area contributed by atoms with E-state index in [1.165, 1.54) is 29.2 Å². The molecule has 1 aromatic carbocycles. The van der Waals surface area contributed by atoms with Crippen molar-refractivity contribution in [2.75, 3.05) is 11.1 Å². The van der Waals surface area contributed by atoms with Crippen molar-refractivity contribution >= 4 is 39.8 Å². The summed E-state index contributed by atoms with van der Waals surface area (Å²) >= 11 is 2.48. The number of hydrogen-bond donors (Lipinski definition) is 2. The molecular formula is C12H13FN4OS2. The minimum absolute atomic E-state index is 0.230. The van der Waals surface area contributed by atoms with Crippen molar-refractivity contribution in [3.05, 3.63) is 29.6 Å². The summed E-state index contributed by atoms with van der Waals surface area (Å²) in [5, 5.41) is 10.2. The van der Waals surface area contributed by atoms with Crippen molar-refractivity contribution in [1.29, 1.82) is 0 Å². The molecule has 0 spiro atoms. The van der Waals surface area contributed by atoms with E-state index in [9.17, 15) is 9.18 Å². The predicted molar refractivity (Wildman–Crippen MR) is 79.4 cm³/mol. The number of rotatable bonds is 4. The van der Waals surface area contributed by atoms with Crippen LogP contribution in [0.5, 0.6) is 0 Å². The molecule has 0 radical (unpaired) electrons. The Labute approximate surface area is 123 Å². The average molecular weight is 312 g/mol. The summed E-state index contributed by atoms with van der Waals surface area (Å²) in [6, 6.07) is 4.58. The highest BCUT2D eigenvalue weighted by Crippen LogP contribution is 2.28. The zero-order chi connectivity index (χ0) is 14.7. The first-order valence-electron chi connectivity index (χ1n) is 5.78. The largest absolute Gasteiger partial charge is 0.374 e. The second kappa shape index (κ2) is 6.19. The third kappa shape index (κ3) is 3.67. The summed E-state index contributed by atoms with van der Waals surface area (Å²) < 4.78 is 14.0. The third-order valence-electron chi connectivity index (χ3n) is 2.51. The molecule has 1 amide bonds. The summed E-state index contributed by atoms with van der Waals surface area (Å²) in [7, 11) is 0. The topological polar surface area (TPSA) is 80.9 Å². The first-order valence-corrected chi connectivity index (χ1v) is 7.48. The molecule has 2 aromatic rings. The van der Waals surface area contributed by atoms with Gasteiger partial charge in [-0.2, -0.15) is 0 Å². The van der Waals surface area contributed by atoms with Crippen molar-refractivity contribution in [3.63, 3.8) is 0 Å². The van der Waals surface area contributed by atoms with Gasteiger partial charge >= 0.3 is 0 Å². The van der Waals surface area contributed by atoms with E-state index < -0.39 is 0 Å². The predicted octanol–water partition coefficient (Wildman–Crippen LogP) is 2.69. The van der Waals surface area contributed by atoms with Gasteiger partial charge in [0.05, 0.1) is 5.25 Å². The fourth-order valence-electron chi connectivity index (χ4n) is 1.39. The minimum atomic E-state index is -0.383. The molecule has 0 saturated carbocycles. The van der Waals surface area contributed by atoms with Gasteiger partial charge in [0, 0.05) is 5.69 Å². The number of hydrogen-bond acceptors (Lipinski definition) is 6. The number of anilines is 2. The van der Waals surface area contributed by atoms with Crippen molar-refractivity contribution in [2.45, 2.75) is 23.4 Å². The van der Waals surface area contributed by atoms with Gasteiger partial charge in [0.1, 0.15) is 5.82 Å². The summed E-state index contributed by atoms with van der Waals surface area (Å²) in [6.07, 6.45) is 0. The number of aryl methyl sites for hydroxylation is 1. The summed E-state index contributed by atoms with van der Waals surface area (Å²) in [4.78, 5) is 12.0.